The summed E-state index contributed by atoms with van der Waals surface area (Å²) in [4.78, 5) is 0. The molecule has 0 rings (SSSR count). The van der Waals surface area contributed by atoms with Gasteiger partial charge in [0, 0.05) is 13.1 Å². The predicted octanol–water partition coefficient (Wildman–Crippen LogP) is 2.16. The second-order valence-corrected chi connectivity index (χ2v) is 3.52. The van der Waals surface area contributed by atoms with Crippen molar-refractivity contribution in [2.45, 2.75) is 46.0 Å². The number of hydrogen-bond acceptors (Lipinski definition) is 2. The Labute approximate surface area is 83.5 Å². The molecule has 0 amide bonds. The first-order valence-corrected chi connectivity index (χ1v) is 5.83. The molecule has 0 bridgehead atoms. The number of unbranched alkanes of at least 4 members (excludes halogenated alkanes) is 4. The first-order chi connectivity index (χ1) is 6.41. The molecule has 0 heterocycles. The third kappa shape index (κ3) is 11.9. The molecule has 0 aromatic heterocycles. The van der Waals surface area contributed by atoms with E-state index in [2.05, 4.69) is 24.5 Å². The Morgan fingerprint density at radius 3 is 2.08 bits per heavy atom. The first kappa shape index (κ1) is 12.9. The van der Waals surface area contributed by atoms with Crippen LogP contribution >= 0.6 is 0 Å². The van der Waals surface area contributed by atoms with Crippen molar-refractivity contribution in [1.29, 1.82) is 0 Å². The average molecular weight is 186 g/mol. The molecule has 0 aliphatic rings. The van der Waals surface area contributed by atoms with E-state index in [9.17, 15) is 0 Å². The Morgan fingerprint density at radius 2 is 1.38 bits per heavy atom. The molecule has 0 fully saturated rings. The lowest BCUT2D eigenvalue weighted by atomic mass is 10.1. The summed E-state index contributed by atoms with van der Waals surface area (Å²) < 4.78 is 0. The first-order valence-electron chi connectivity index (χ1n) is 5.83. The van der Waals surface area contributed by atoms with Crippen molar-refractivity contribution >= 4 is 0 Å². The molecule has 2 heteroatoms. The summed E-state index contributed by atoms with van der Waals surface area (Å²) in [6.07, 6.45) is 6.88. The molecule has 0 aliphatic heterocycles. The van der Waals surface area contributed by atoms with Gasteiger partial charge in [0.15, 0.2) is 0 Å². The summed E-state index contributed by atoms with van der Waals surface area (Å²) in [6.45, 7) is 8.89. The molecule has 0 radical (unpaired) electrons. The van der Waals surface area contributed by atoms with Crippen molar-refractivity contribution < 1.29 is 0 Å². The Kier molecular flexibility index (Phi) is 11.8. The van der Waals surface area contributed by atoms with E-state index in [0.717, 1.165) is 19.6 Å². The fourth-order valence-electron chi connectivity index (χ4n) is 1.33. The van der Waals surface area contributed by atoms with Crippen LogP contribution in [0.25, 0.3) is 0 Å². The highest BCUT2D eigenvalue weighted by molar-refractivity contribution is 4.51. The quantitative estimate of drug-likeness (QED) is 0.511. The minimum Gasteiger partial charge on any atom is -0.316 e. The van der Waals surface area contributed by atoms with E-state index in [0.29, 0.717) is 0 Å². The number of likely N-dealkylation sites (N-methyl/N-ethyl adjacent to an activating group) is 1. The lowest BCUT2D eigenvalue weighted by molar-refractivity contribution is 0.569. The van der Waals surface area contributed by atoms with E-state index in [1.54, 1.807) is 0 Å². The van der Waals surface area contributed by atoms with E-state index in [1.807, 2.05) is 0 Å². The molecule has 0 atom stereocenters. The minimum absolute atomic E-state index is 1.08. The van der Waals surface area contributed by atoms with Gasteiger partial charge in [0.2, 0.25) is 0 Å². The molecule has 0 aromatic carbocycles. The van der Waals surface area contributed by atoms with Crippen molar-refractivity contribution in [1.82, 2.24) is 10.6 Å². The molecule has 0 aliphatic carbocycles. The van der Waals surface area contributed by atoms with Crippen LogP contribution in [0.3, 0.4) is 0 Å². The highest BCUT2D eigenvalue weighted by atomic mass is 14.9. The van der Waals surface area contributed by atoms with Crippen molar-refractivity contribution in [2.75, 3.05) is 26.2 Å². The zero-order valence-electron chi connectivity index (χ0n) is 9.36. The molecule has 13 heavy (non-hydrogen) atoms. The average Bonchev–Trinajstić information content (AvgIpc) is 2.16. The van der Waals surface area contributed by atoms with Gasteiger partial charge < -0.3 is 10.6 Å². The Morgan fingerprint density at radius 1 is 0.692 bits per heavy atom. The highest BCUT2D eigenvalue weighted by Crippen LogP contribution is 2.00. The van der Waals surface area contributed by atoms with Crippen LogP contribution in [0.2, 0.25) is 0 Å². The van der Waals surface area contributed by atoms with E-state index in [4.69, 9.17) is 0 Å². The summed E-state index contributed by atoms with van der Waals surface area (Å²) in [5.41, 5.74) is 0. The van der Waals surface area contributed by atoms with Gasteiger partial charge in [-0.05, 0) is 19.5 Å². The van der Waals surface area contributed by atoms with Crippen molar-refractivity contribution in [3.05, 3.63) is 0 Å². The SMILES string of the molecule is CCCCCCCNCCNCC. The second kappa shape index (κ2) is 11.9. The predicted molar refractivity (Wildman–Crippen MR) is 60.2 cm³/mol. The zero-order chi connectivity index (χ0) is 9.78. The van der Waals surface area contributed by atoms with Crippen LogP contribution in [0, 0.1) is 0 Å². The van der Waals surface area contributed by atoms with Crippen LogP contribution in [0.5, 0.6) is 0 Å². The van der Waals surface area contributed by atoms with Gasteiger partial charge in [-0.3, -0.25) is 0 Å². The van der Waals surface area contributed by atoms with Crippen molar-refractivity contribution in [2.24, 2.45) is 0 Å². The van der Waals surface area contributed by atoms with Gasteiger partial charge in [-0.25, -0.2) is 0 Å². The van der Waals surface area contributed by atoms with Crippen LogP contribution in [-0.2, 0) is 0 Å². The standard InChI is InChI=1S/C11H26N2/c1-3-5-6-7-8-9-13-11-10-12-4-2/h12-13H,3-11H2,1-2H3. The largest absolute Gasteiger partial charge is 0.316 e. The maximum atomic E-state index is 3.43. The van der Waals surface area contributed by atoms with E-state index >= 15 is 0 Å². The maximum absolute atomic E-state index is 3.43. The third-order valence-corrected chi connectivity index (χ3v) is 2.19. The number of rotatable bonds is 10. The Balaban J connectivity index is 2.76. The Bertz CT molecular complexity index is 74.2. The van der Waals surface area contributed by atoms with Gasteiger partial charge in [0.1, 0.15) is 0 Å². The van der Waals surface area contributed by atoms with Gasteiger partial charge >= 0.3 is 0 Å². The van der Waals surface area contributed by atoms with Crippen molar-refractivity contribution in [3.63, 3.8) is 0 Å². The van der Waals surface area contributed by atoms with Gasteiger partial charge in [-0.1, -0.05) is 39.5 Å². The summed E-state index contributed by atoms with van der Waals surface area (Å²) in [6, 6.07) is 0. The topological polar surface area (TPSA) is 24.1 Å². The fraction of sp³-hybridized carbons (Fsp3) is 1.00. The third-order valence-electron chi connectivity index (χ3n) is 2.19. The van der Waals surface area contributed by atoms with Crippen LogP contribution in [0.1, 0.15) is 46.0 Å². The van der Waals surface area contributed by atoms with Crippen LogP contribution in [0.4, 0.5) is 0 Å². The molecular weight excluding hydrogens is 160 g/mol. The summed E-state index contributed by atoms with van der Waals surface area (Å²) in [5, 5.41) is 6.73. The fourth-order valence-corrected chi connectivity index (χ4v) is 1.33. The number of hydrogen-bond donors (Lipinski definition) is 2. The molecule has 2 nitrogen and oxygen atoms in total. The maximum Gasteiger partial charge on any atom is 0.00767 e. The molecule has 0 aromatic rings. The summed E-state index contributed by atoms with van der Waals surface area (Å²) in [5.74, 6) is 0. The monoisotopic (exact) mass is 186 g/mol. The van der Waals surface area contributed by atoms with Crippen LogP contribution in [0.15, 0.2) is 0 Å². The second-order valence-electron chi connectivity index (χ2n) is 3.52. The highest BCUT2D eigenvalue weighted by Gasteiger charge is 1.88. The van der Waals surface area contributed by atoms with E-state index in [-0.39, 0.29) is 0 Å². The molecule has 0 spiro atoms. The normalized spacial score (nSPS) is 10.6. The van der Waals surface area contributed by atoms with Gasteiger partial charge in [-0.2, -0.15) is 0 Å². The molecule has 0 saturated heterocycles. The summed E-state index contributed by atoms with van der Waals surface area (Å²) >= 11 is 0. The lowest BCUT2D eigenvalue weighted by Gasteiger charge is -2.04. The van der Waals surface area contributed by atoms with Crippen LogP contribution < -0.4 is 10.6 Å². The number of nitrogens with one attached hydrogen (secondary N) is 2. The van der Waals surface area contributed by atoms with Crippen LogP contribution in [-0.4, -0.2) is 26.2 Å². The lowest BCUT2D eigenvalue weighted by Crippen LogP contribution is -2.27. The van der Waals surface area contributed by atoms with E-state index < -0.39 is 0 Å². The van der Waals surface area contributed by atoms with Gasteiger partial charge in [-0.15, -0.1) is 0 Å². The molecule has 2 N–H and O–H groups in total. The van der Waals surface area contributed by atoms with E-state index in [1.165, 1.54) is 38.6 Å². The van der Waals surface area contributed by atoms with Gasteiger partial charge in [0.25, 0.3) is 0 Å². The molecule has 0 saturated carbocycles. The molecule has 0 unspecified atom stereocenters. The van der Waals surface area contributed by atoms with Crippen molar-refractivity contribution in [3.8, 4) is 0 Å². The Hall–Kier alpha value is -0.0800. The molecule has 80 valence electrons. The smallest absolute Gasteiger partial charge is 0.00767 e. The molecular formula is C11H26N2. The minimum atomic E-state index is 1.08. The zero-order valence-corrected chi connectivity index (χ0v) is 9.36. The van der Waals surface area contributed by atoms with Gasteiger partial charge in [0.05, 0.1) is 0 Å². The summed E-state index contributed by atoms with van der Waals surface area (Å²) in [7, 11) is 0.